The lowest BCUT2D eigenvalue weighted by Crippen LogP contribution is -2.65. The number of aromatic hydroxyl groups is 3. The van der Waals surface area contributed by atoms with Gasteiger partial charge in [-0.05, 0) is 148 Å². The number of aliphatic hydroxyl groups excluding tert-OH is 6. The van der Waals surface area contributed by atoms with E-state index in [9.17, 15) is 65.4 Å². The van der Waals surface area contributed by atoms with Crippen molar-refractivity contribution in [2.45, 2.75) is 265 Å². The molecule has 0 radical (unpaired) electrons. The zero-order chi connectivity index (χ0) is 93.4. The van der Waals surface area contributed by atoms with Crippen LogP contribution in [-0.2, 0) is 68.6 Å². The number of ether oxygens (including phenoxy) is 9. The molecule has 0 spiro atoms. The average molecular weight is 1840 g/mol. The molecular formula is C90H114Cl2N10O27. The number of carbonyl (C=O) groups excluding carboxylic acids is 7. The monoisotopic (exact) mass is 1840 g/mol. The number of rotatable bonds is 28. The van der Waals surface area contributed by atoms with Gasteiger partial charge in [0.25, 0.3) is 0 Å². The average Bonchev–Trinajstić information content (AvgIpc) is 0.761. The number of benzene rings is 6. The lowest BCUT2D eigenvalue weighted by atomic mass is 9.84. The predicted molar refractivity (Wildman–Crippen MR) is 463 cm³/mol. The van der Waals surface area contributed by atoms with Crippen molar-refractivity contribution in [2.24, 2.45) is 17.4 Å². The fraction of sp³-hybridized carbons (Fsp3) is 0.511. The number of halogens is 2. The van der Waals surface area contributed by atoms with Crippen LogP contribution in [0.3, 0.4) is 0 Å². The van der Waals surface area contributed by atoms with Crippen LogP contribution in [0.4, 0.5) is 0 Å². The summed E-state index contributed by atoms with van der Waals surface area (Å²) in [6.07, 6.45) is -13.7. The van der Waals surface area contributed by atoms with E-state index in [0.29, 0.717) is 12.4 Å². The Morgan fingerprint density at radius 2 is 1.25 bits per heavy atom. The highest BCUT2D eigenvalue weighted by Crippen LogP contribution is 2.51. The number of phenolic OH excluding ortho intramolecular Hbond substituents is 3. The highest BCUT2D eigenvalue weighted by molar-refractivity contribution is 6.32. The molecule has 8 heterocycles. The van der Waals surface area contributed by atoms with Crippen molar-refractivity contribution in [1.82, 2.24) is 42.5 Å². The Kier molecular flexibility index (Phi) is 32.0. The molecule has 700 valence electrons. The molecule has 0 aliphatic carbocycles. The van der Waals surface area contributed by atoms with Gasteiger partial charge in [0.2, 0.25) is 53.4 Å². The van der Waals surface area contributed by atoms with E-state index in [-0.39, 0.29) is 59.2 Å². The normalized spacial score (nSPS) is 29.2. The van der Waals surface area contributed by atoms with E-state index in [1.165, 1.54) is 83.3 Å². The van der Waals surface area contributed by atoms with E-state index in [1.54, 1.807) is 13.8 Å². The van der Waals surface area contributed by atoms with E-state index in [1.807, 2.05) is 38.1 Å². The molecule has 3 saturated heterocycles. The number of likely N-dealkylation sites (N-methyl/N-ethyl adjacent to an activating group) is 1. The van der Waals surface area contributed by atoms with Crippen LogP contribution in [0.2, 0.25) is 10.0 Å². The number of hydrogen-bond donors (Lipinski definition) is 20. The van der Waals surface area contributed by atoms with Crippen molar-refractivity contribution in [3.8, 4) is 62.9 Å². The van der Waals surface area contributed by atoms with Gasteiger partial charge in [0.1, 0.15) is 95.2 Å². The first-order valence-electron chi connectivity index (χ1n) is 43.0. The van der Waals surface area contributed by atoms with Crippen LogP contribution >= 0.6 is 23.2 Å². The van der Waals surface area contributed by atoms with Crippen LogP contribution in [0.1, 0.15) is 189 Å². The van der Waals surface area contributed by atoms with Crippen LogP contribution in [0.5, 0.6) is 51.7 Å². The van der Waals surface area contributed by atoms with Crippen LogP contribution in [-0.4, -0.2) is 222 Å². The van der Waals surface area contributed by atoms with Crippen molar-refractivity contribution >= 4 is 70.5 Å². The molecule has 129 heavy (non-hydrogen) atoms. The first-order valence-corrected chi connectivity index (χ1v) is 43.8. The minimum atomic E-state index is -2.39. The Morgan fingerprint density at radius 3 is 1.87 bits per heavy atom. The Balaban J connectivity index is 1.04. The first kappa shape index (κ1) is 97.8. The molecule has 6 aromatic rings. The Labute approximate surface area is 753 Å². The van der Waals surface area contributed by atoms with Gasteiger partial charge < -0.3 is 148 Å². The quantitative estimate of drug-likeness (QED) is 0.0262. The Bertz CT molecular complexity index is 5060. The van der Waals surface area contributed by atoms with E-state index in [4.69, 9.17) is 77.3 Å². The number of fused-ring (bicyclic) bond motifs is 15. The van der Waals surface area contributed by atoms with Gasteiger partial charge in [-0.1, -0.05) is 119 Å². The maximum absolute atomic E-state index is 16.6. The third-order valence-corrected chi connectivity index (χ3v) is 24.6. The van der Waals surface area contributed by atoms with Gasteiger partial charge in [0, 0.05) is 53.2 Å². The molecule has 6 aromatic carbocycles. The zero-order valence-corrected chi connectivity index (χ0v) is 73.9. The second-order valence-electron chi connectivity index (χ2n) is 34.5. The zero-order valence-electron chi connectivity index (χ0n) is 72.4. The molecule has 0 unspecified atom stereocenters. The van der Waals surface area contributed by atoms with Crippen LogP contribution < -0.4 is 72.9 Å². The summed E-state index contributed by atoms with van der Waals surface area (Å²) < 4.78 is 59.1. The molecule has 11 bridgehead atoms. The van der Waals surface area contributed by atoms with Gasteiger partial charge >= 0.3 is 5.97 Å². The van der Waals surface area contributed by atoms with Crippen LogP contribution in [0, 0.1) is 5.92 Å². The van der Waals surface area contributed by atoms with Crippen molar-refractivity contribution in [1.29, 1.82) is 0 Å². The van der Waals surface area contributed by atoms with Crippen molar-refractivity contribution < 1.29 is 132 Å². The van der Waals surface area contributed by atoms with E-state index < -0.39 is 261 Å². The van der Waals surface area contributed by atoms with Gasteiger partial charge in [-0.2, -0.15) is 0 Å². The van der Waals surface area contributed by atoms with Crippen molar-refractivity contribution in [3.63, 3.8) is 0 Å². The highest BCUT2D eigenvalue weighted by atomic mass is 35.5. The minimum Gasteiger partial charge on any atom is -0.508 e. The minimum absolute atomic E-state index is 0.117. The van der Waals surface area contributed by atoms with Gasteiger partial charge in [-0.15, -0.1) is 0 Å². The van der Waals surface area contributed by atoms with Crippen LogP contribution in [0.15, 0.2) is 103 Å². The number of aliphatic hydroxyl groups is 6. The molecular weight excluding hydrogens is 1720 g/mol. The fourth-order valence-corrected chi connectivity index (χ4v) is 17.3. The Hall–Kier alpha value is -10.3. The molecule has 22 N–H and O–H groups in total. The molecule has 0 saturated carbocycles. The summed E-state index contributed by atoms with van der Waals surface area (Å²) in [6.45, 7) is 11.9. The number of carboxylic acids is 1. The summed E-state index contributed by atoms with van der Waals surface area (Å²) in [5, 5.41) is 138. The number of carbonyl (C=O) groups is 8. The third-order valence-electron chi connectivity index (χ3n) is 24.0. The third kappa shape index (κ3) is 23.0. The standard InChI is InChI=1S/C90H114Cl2N10O27/c1-9-10-11-12-13-14-15-16-27-121-50-22-17-44(18-23-50)39-96-90(7)38-66(123-43(5)80(90)112)128-78-75(110)74(109)63(40-103)126-88(78)129-77-61-32-48-33-62(77)125-60-26-21-47(31-54(60)92)76(127-65-37-89(6,94)79(111)42(4)122-65)72-86(118)100-70(87(119)120)52-34-49(104)35-58(106)67(52)51-29-45(19-24-57(51)105)68(83(115)102-72)99-84(116)69(48)98-82(114)56(36-64(93)107)97-85(117)71(101-81(113)55(95-8)28-41(2)3)73(108)46-20-25-59(124-61)53(91)30-46/h17-26,29-35,41-43,55-56,63,65-66,68-76,78-80,88,95-96,103-106,108-112H,9-16,27-28,36-40,94H2,1-8H3,(H2,93,107)(H,97,117)(H,98,114)(H,99,116)(H,100,118)(H,101,113)(H,102,115)(H,119,120)/t42-,43-,55+,56-,63+,65-,66-,68+,69+,70-,71+,72-,73+,74+,75-,76+,78+,79-,80-,88-,89-,90-/m0/s1. The number of aliphatic carboxylic acids is 1. The van der Waals surface area contributed by atoms with Crippen LogP contribution in [0.25, 0.3) is 11.1 Å². The van der Waals surface area contributed by atoms with Gasteiger partial charge in [0.15, 0.2) is 36.2 Å². The second kappa shape index (κ2) is 42.3. The molecule has 37 nitrogen and oxygen atoms in total. The maximum Gasteiger partial charge on any atom is 0.330 e. The summed E-state index contributed by atoms with van der Waals surface area (Å²) >= 11 is 14.7. The summed E-state index contributed by atoms with van der Waals surface area (Å²) in [5.41, 5.74) is 7.85. The van der Waals surface area contributed by atoms with Crippen molar-refractivity contribution in [2.75, 3.05) is 20.3 Å². The number of carboxylic acid groups (broad SMARTS) is 1. The second-order valence-corrected chi connectivity index (χ2v) is 35.3. The highest BCUT2D eigenvalue weighted by Gasteiger charge is 2.53. The topological polar surface area (TPSA) is 570 Å². The maximum atomic E-state index is 16.6. The van der Waals surface area contributed by atoms with E-state index in [2.05, 4.69) is 49.5 Å². The summed E-state index contributed by atoms with van der Waals surface area (Å²) in [7, 11) is 1.48. The lowest BCUT2D eigenvalue weighted by molar-refractivity contribution is -0.334. The SMILES string of the molecule is CCCCCCCCCCOc1ccc(CN[C@@]2(C)C[C@H](O[C@H]3[C@H](Oc4c5cc6cc4Oc4ccc(cc4Cl)[C@@H](O[C@H]4C[C@](C)(N)[C@@H](O)[C@H](C)O4)[C@@H]4NC(=O)[C@H](NC(=O)[C@@H]6NC(=O)[C@H](CC(N)=O)NC(=O)[C@H](NC(=O)[C@@H](CC(C)C)NC)[C@H](O)c6ccc(c(Cl)c6)O5)c5ccc(O)c(c5)-c5c(O)cc(O)cc5[C@@H](C(=O)O)NC4=O)O[C@H](CO)[C@@H](O)[C@@H]3O)O[C@@H](C)[C@@H]2O)cc1. The number of hydrogen-bond acceptors (Lipinski definition) is 29. The largest absolute Gasteiger partial charge is 0.508 e. The number of nitrogens with two attached hydrogens (primary N) is 2. The molecule has 8 aliphatic rings. The molecule has 3 fully saturated rings. The number of nitrogens with one attached hydrogen (secondary N) is 8. The Morgan fingerprint density at radius 1 is 0.643 bits per heavy atom. The molecule has 14 rings (SSSR count). The van der Waals surface area contributed by atoms with E-state index in [0.717, 1.165) is 73.4 Å². The molecule has 39 heteroatoms. The first-order chi connectivity index (χ1) is 61.3. The van der Waals surface area contributed by atoms with Gasteiger partial charge in [0.05, 0.1) is 60.1 Å². The summed E-state index contributed by atoms with van der Waals surface area (Å²) in [4.78, 5) is 121. The fourth-order valence-electron chi connectivity index (χ4n) is 16.8. The van der Waals surface area contributed by atoms with Crippen molar-refractivity contribution in [3.05, 3.63) is 147 Å². The summed E-state index contributed by atoms with van der Waals surface area (Å²) in [5.74, 6) is -15.4. The van der Waals surface area contributed by atoms with Gasteiger partial charge in [-0.25, -0.2) is 4.79 Å². The number of amides is 7. The molecule has 0 aromatic heterocycles. The number of phenols is 3. The van der Waals surface area contributed by atoms with Gasteiger partial charge in [-0.3, -0.25) is 33.6 Å². The predicted octanol–water partition coefficient (Wildman–Crippen LogP) is 5.69. The molecule has 8 aliphatic heterocycles. The molecule has 22 atom stereocenters. The number of primary amides is 1. The lowest BCUT2D eigenvalue weighted by Gasteiger charge is -2.48. The smallest absolute Gasteiger partial charge is 0.330 e. The number of unbranched alkanes of at least 4 members (excludes halogenated alkanes) is 7. The molecule has 7 amide bonds. The van der Waals surface area contributed by atoms with E-state index >= 15 is 24.0 Å². The summed E-state index contributed by atoms with van der Waals surface area (Å²) in [6, 6.07) is 7.13.